The number of fused-ring (bicyclic) bond motifs is 2. The van der Waals surface area contributed by atoms with Crippen molar-refractivity contribution >= 4 is 0 Å². The van der Waals surface area contributed by atoms with Crippen molar-refractivity contribution in [2.75, 3.05) is 7.05 Å². The molecule has 2 heterocycles. The summed E-state index contributed by atoms with van der Waals surface area (Å²) in [5.41, 5.74) is 0. The van der Waals surface area contributed by atoms with E-state index in [0.717, 1.165) is 18.0 Å². The monoisotopic (exact) mass is 197 g/mol. The number of rotatable bonds is 2. The number of nitrogens with zero attached hydrogens (tertiary/aromatic N) is 1. The second-order valence-corrected chi connectivity index (χ2v) is 4.68. The van der Waals surface area contributed by atoms with Crippen LogP contribution in [0.1, 0.15) is 59.3 Å². The summed E-state index contributed by atoms with van der Waals surface area (Å²) >= 11 is 0. The second kappa shape index (κ2) is 5.75. The quantitative estimate of drug-likeness (QED) is 0.652. The fraction of sp³-hybridized carbons (Fsp3) is 1.00. The zero-order valence-electron chi connectivity index (χ0n) is 10.4. The molecular weight excluding hydrogens is 170 g/mol. The average molecular weight is 197 g/mol. The molecule has 0 aliphatic carbocycles. The molecule has 0 aromatic heterocycles. The molecular formula is C13H27N. The first-order valence-electron chi connectivity index (χ1n) is 6.53. The third-order valence-electron chi connectivity index (χ3n) is 3.89. The van der Waals surface area contributed by atoms with Crippen molar-refractivity contribution < 1.29 is 0 Å². The molecule has 2 rings (SSSR count). The van der Waals surface area contributed by atoms with Crippen molar-refractivity contribution in [1.29, 1.82) is 0 Å². The third kappa shape index (κ3) is 2.50. The Labute approximate surface area is 89.9 Å². The Hall–Kier alpha value is -0.0400. The zero-order valence-corrected chi connectivity index (χ0v) is 10.4. The molecule has 0 aromatic rings. The van der Waals surface area contributed by atoms with Crippen LogP contribution in [0.5, 0.6) is 0 Å². The van der Waals surface area contributed by atoms with E-state index in [4.69, 9.17) is 0 Å². The van der Waals surface area contributed by atoms with Crippen molar-refractivity contribution in [1.82, 2.24) is 4.90 Å². The topological polar surface area (TPSA) is 3.24 Å². The maximum Gasteiger partial charge on any atom is 0.00983 e. The SMILES string of the molecule is CC.CCCC1CC2CCC(C1)N2C. The molecule has 1 heteroatoms. The molecule has 84 valence electrons. The van der Waals surface area contributed by atoms with Crippen LogP contribution >= 0.6 is 0 Å². The van der Waals surface area contributed by atoms with Gasteiger partial charge in [0, 0.05) is 12.1 Å². The molecule has 0 amide bonds. The highest BCUT2D eigenvalue weighted by Crippen LogP contribution is 2.38. The highest BCUT2D eigenvalue weighted by atomic mass is 15.2. The van der Waals surface area contributed by atoms with E-state index in [1.807, 2.05) is 13.8 Å². The predicted molar refractivity (Wildman–Crippen MR) is 63.6 cm³/mol. The number of hydrogen-bond acceptors (Lipinski definition) is 1. The number of hydrogen-bond donors (Lipinski definition) is 0. The summed E-state index contributed by atoms with van der Waals surface area (Å²) in [4.78, 5) is 2.63. The van der Waals surface area contributed by atoms with Crippen molar-refractivity contribution in [3.8, 4) is 0 Å². The summed E-state index contributed by atoms with van der Waals surface area (Å²) in [6.07, 6.45) is 8.78. The third-order valence-corrected chi connectivity index (χ3v) is 3.89. The molecule has 2 fully saturated rings. The molecule has 2 saturated heterocycles. The van der Waals surface area contributed by atoms with Crippen molar-refractivity contribution in [2.24, 2.45) is 5.92 Å². The average Bonchev–Trinajstić information content (AvgIpc) is 2.44. The fourth-order valence-corrected chi connectivity index (χ4v) is 3.17. The Morgan fingerprint density at radius 3 is 2.00 bits per heavy atom. The van der Waals surface area contributed by atoms with Crippen molar-refractivity contribution in [3.05, 3.63) is 0 Å². The molecule has 2 bridgehead atoms. The summed E-state index contributed by atoms with van der Waals surface area (Å²) in [6, 6.07) is 1.89. The molecule has 0 spiro atoms. The first kappa shape index (κ1) is 12.0. The van der Waals surface area contributed by atoms with E-state index >= 15 is 0 Å². The van der Waals surface area contributed by atoms with Crippen molar-refractivity contribution in [3.63, 3.8) is 0 Å². The van der Waals surface area contributed by atoms with Gasteiger partial charge < -0.3 is 4.90 Å². The lowest BCUT2D eigenvalue weighted by Gasteiger charge is -2.36. The zero-order chi connectivity index (χ0) is 10.6. The van der Waals surface area contributed by atoms with E-state index in [9.17, 15) is 0 Å². The molecule has 0 radical (unpaired) electrons. The van der Waals surface area contributed by atoms with Gasteiger partial charge in [0.05, 0.1) is 0 Å². The van der Waals surface area contributed by atoms with Crippen LogP contribution in [0.25, 0.3) is 0 Å². The van der Waals surface area contributed by atoms with Gasteiger partial charge in [0.2, 0.25) is 0 Å². The van der Waals surface area contributed by atoms with Crippen LogP contribution in [0.2, 0.25) is 0 Å². The maximum atomic E-state index is 2.63. The highest BCUT2D eigenvalue weighted by molar-refractivity contribution is 4.92. The summed E-state index contributed by atoms with van der Waals surface area (Å²) < 4.78 is 0. The van der Waals surface area contributed by atoms with E-state index in [2.05, 4.69) is 18.9 Å². The molecule has 0 N–H and O–H groups in total. The fourth-order valence-electron chi connectivity index (χ4n) is 3.17. The molecule has 2 aliphatic rings. The van der Waals surface area contributed by atoms with Crippen LogP contribution in [-0.4, -0.2) is 24.0 Å². The Bertz CT molecular complexity index is 141. The van der Waals surface area contributed by atoms with Gasteiger partial charge in [0.25, 0.3) is 0 Å². The second-order valence-electron chi connectivity index (χ2n) is 4.68. The highest BCUT2D eigenvalue weighted by Gasteiger charge is 2.37. The number of piperidine rings is 1. The van der Waals surface area contributed by atoms with Gasteiger partial charge in [-0.15, -0.1) is 0 Å². The largest absolute Gasteiger partial charge is 0.300 e. The van der Waals surface area contributed by atoms with E-state index in [1.165, 1.54) is 38.5 Å². The molecule has 2 unspecified atom stereocenters. The lowest BCUT2D eigenvalue weighted by atomic mass is 9.88. The molecule has 2 aliphatic heterocycles. The van der Waals surface area contributed by atoms with Crippen LogP contribution in [0, 0.1) is 5.92 Å². The summed E-state index contributed by atoms with van der Waals surface area (Å²) in [7, 11) is 2.32. The van der Waals surface area contributed by atoms with Crippen molar-refractivity contribution in [2.45, 2.75) is 71.4 Å². The van der Waals surface area contributed by atoms with E-state index in [-0.39, 0.29) is 0 Å². The summed E-state index contributed by atoms with van der Waals surface area (Å²) in [5, 5.41) is 0. The molecule has 1 nitrogen and oxygen atoms in total. The normalized spacial score (nSPS) is 36.4. The Balaban J connectivity index is 0.000000461. The van der Waals surface area contributed by atoms with Gasteiger partial charge >= 0.3 is 0 Å². The summed E-state index contributed by atoms with van der Waals surface area (Å²) in [6.45, 7) is 6.32. The van der Waals surface area contributed by atoms with Crippen LogP contribution in [-0.2, 0) is 0 Å². The van der Waals surface area contributed by atoms with Gasteiger partial charge in [0.1, 0.15) is 0 Å². The van der Waals surface area contributed by atoms with Gasteiger partial charge in [-0.3, -0.25) is 0 Å². The van der Waals surface area contributed by atoms with E-state index < -0.39 is 0 Å². The minimum atomic E-state index is 0.945. The summed E-state index contributed by atoms with van der Waals surface area (Å²) in [5.74, 6) is 1.06. The minimum absolute atomic E-state index is 0.945. The van der Waals surface area contributed by atoms with Gasteiger partial charge in [-0.25, -0.2) is 0 Å². The Morgan fingerprint density at radius 1 is 1.07 bits per heavy atom. The smallest absolute Gasteiger partial charge is 0.00983 e. The standard InChI is InChI=1S/C11H21N.C2H6/c1-3-4-9-7-10-5-6-11(8-9)12(10)2;1-2/h9-11H,3-8H2,1-2H3;1-2H3. The lowest BCUT2D eigenvalue weighted by molar-refractivity contribution is 0.129. The first-order chi connectivity index (χ1) is 6.81. The van der Waals surface area contributed by atoms with E-state index in [1.54, 1.807) is 0 Å². The molecule has 0 aromatic carbocycles. The van der Waals surface area contributed by atoms with Gasteiger partial charge in [0.15, 0.2) is 0 Å². The van der Waals surface area contributed by atoms with Gasteiger partial charge in [-0.1, -0.05) is 33.6 Å². The minimum Gasteiger partial charge on any atom is -0.300 e. The Morgan fingerprint density at radius 2 is 1.57 bits per heavy atom. The van der Waals surface area contributed by atoms with Gasteiger partial charge in [-0.2, -0.15) is 0 Å². The molecule has 14 heavy (non-hydrogen) atoms. The first-order valence-corrected chi connectivity index (χ1v) is 6.53. The van der Waals surface area contributed by atoms with Crippen LogP contribution in [0.15, 0.2) is 0 Å². The van der Waals surface area contributed by atoms with Gasteiger partial charge in [-0.05, 0) is 38.6 Å². The lowest BCUT2D eigenvalue weighted by Crippen LogP contribution is -2.39. The van der Waals surface area contributed by atoms with E-state index in [0.29, 0.717) is 0 Å². The van der Waals surface area contributed by atoms with Crippen LogP contribution in [0.3, 0.4) is 0 Å². The predicted octanol–water partition coefficient (Wildman–Crippen LogP) is 3.69. The molecule has 0 saturated carbocycles. The molecule has 2 atom stereocenters. The van der Waals surface area contributed by atoms with Crippen LogP contribution < -0.4 is 0 Å². The Kier molecular flexibility index (Phi) is 4.94. The maximum absolute atomic E-state index is 2.63. The van der Waals surface area contributed by atoms with Crippen LogP contribution in [0.4, 0.5) is 0 Å².